The smallest absolute Gasteiger partial charge is 0.176 e. The van der Waals surface area contributed by atoms with Gasteiger partial charge in [-0.15, -0.1) is 0 Å². The highest BCUT2D eigenvalue weighted by atomic mass is 16.1. The molecule has 3 nitrogen and oxygen atoms in total. The molecule has 1 N–H and O–H groups in total. The van der Waals surface area contributed by atoms with Gasteiger partial charge < -0.3 is 5.41 Å². The third-order valence-corrected chi connectivity index (χ3v) is 8.15. The molecule has 3 fully saturated rings. The predicted octanol–water partition coefficient (Wildman–Crippen LogP) is 4.36. The van der Waals surface area contributed by atoms with Crippen LogP contribution in [-0.4, -0.2) is 17.3 Å². The van der Waals surface area contributed by atoms with Gasteiger partial charge >= 0.3 is 0 Å². The highest BCUT2D eigenvalue weighted by molar-refractivity contribution is 6.40. The van der Waals surface area contributed by atoms with Gasteiger partial charge in [0, 0.05) is 36.2 Å². The number of carbonyl (C=O) groups is 2. The van der Waals surface area contributed by atoms with Crippen LogP contribution in [0.3, 0.4) is 0 Å². The standard InChI is InChI=1S/C23H29NO2/c1-4-5-6-14-13-17-21(24)18(25)10-12-22(17,2)16-9-11-23(3)15(20(14)16)7-8-19(23)26/h13,15-17,20,24H,4,7-12H2,1-3H3/t15-,16-,17?,20-,22+,23-/m0/s1. The van der Waals surface area contributed by atoms with Crippen molar-refractivity contribution in [1.29, 1.82) is 5.41 Å². The van der Waals surface area contributed by atoms with Crippen LogP contribution in [0.1, 0.15) is 65.7 Å². The van der Waals surface area contributed by atoms with E-state index in [-0.39, 0.29) is 28.2 Å². The first-order valence-electron chi connectivity index (χ1n) is 10.2. The van der Waals surface area contributed by atoms with E-state index in [4.69, 9.17) is 5.41 Å². The molecule has 138 valence electrons. The molecule has 0 aromatic heterocycles. The van der Waals surface area contributed by atoms with Crippen LogP contribution in [0.2, 0.25) is 0 Å². The van der Waals surface area contributed by atoms with E-state index in [1.54, 1.807) is 0 Å². The SMILES string of the molecule is CCC#CC1=CC2C(=N)C(=O)CC[C@]2(C)[C@H]2CC[C@]3(C)C(=O)CC[C@H]3[C@H]12. The Morgan fingerprint density at radius 3 is 2.65 bits per heavy atom. The topological polar surface area (TPSA) is 58.0 Å². The number of carbonyl (C=O) groups excluding carboxylic acids is 2. The molecule has 0 aromatic rings. The average Bonchev–Trinajstić information content (AvgIpc) is 2.92. The summed E-state index contributed by atoms with van der Waals surface area (Å²) in [7, 11) is 0. The lowest BCUT2D eigenvalue weighted by Gasteiger charge is -2.57. The highest BCUT2D eigenvalue weighted by Crippen LogP contribution is 2.64. The lowest BCUT2D eigenvalue weighted by atomic mass is 9.45. The first kappa shape index (κ1) is 17.7. The van der Waals surface area contributed by atoms with Crippen LogP contribution in [0, 0.1) is 51.8 Å². The van der Waals surface area contributed by atoms with Gasteiger partial charge in [-0.25, -0.2) is 0 Å². The molecule has 0 spiro atoms. The van der Waals surface area contributed by atoms with Crippen LogP contribution < -0.4 is 0 Å². The number of rotatable bonds is 0. The van der Waals surface area contributed by atoms with E-state index in [0.717, 1.165) is 37.7 Å². The summed E-state index contributed by atoms with van der Waals surface area (Å²) < 4.78 is 0. The van der Waals surface area contributed by atoms with Crippen molar-refractivity contribution in [1.82, 2.24) is 0 Å². The molecule has 3 heteroatoms. The van der Waals surface area contributed by atoms with Gasteiger partial charge in [0.15, 0.2) is 5.78 Å². The summed E-state index contributed by atoms with van der Waals surface area (Å²) in [6.07, 6.45) is 7.96. The normalized spacial score (nSPS) is 44.4. The van der Waals surface area contributed by atoms with E-state index in [0.29, 0.717) is 36.4 Å². The van der Waals surface area contributed by atoms with Crippen LogP contribution in [0.5, 0.6) is 0 Å². The zero-order valence-electron chi connectivity index (χ0n) is 16.2. The molecule has 0 saturated heterocycles. The first-order valence-corrected chi connectivity index (χ1v) is 10.2. The Balaban J connectivity index is 1.85. The van der Waals surface area contributed by atoms with Crippen molar-refractivity contribution < 1.29 is 9.59 Å². The minimum atomic E-state index is -0.199. The number of fused-ring (bicyclic) bond motifs is 5. The summed E-state index contributed by atoms with van der Waals surface area (Å²) >= 11 is 0. The van der Waals surface area contributed by atoms with Crippen molar-refractivity contribution in [2.45, 2.75) is 65.7 Å². The second kappa shape index (κ2) is 5.91. The Morgan fingerprint density at radius 1 is 1.15 bits per heavy atom. The molecule has 4 aliphatic carbocycles. The van der Waals surface area contributed by atoms with Gasteiger partial charge in [-0.1, -0.05) is 38.7 Å². The molecule has 0 heterocycles. The summed E-state index contributed by atoms with van der Waals surface area (Å²) in [5.41, 5.74) is 1.16. The minimum absolute atomic E-state index is 0.00154. The molecule has 3 saturated carbocycles. The molecular formula is C23H29NO2. The number of hydrogen-bond donors (Lipinski definition) is 1. The Kier molecular flexibility index (Phi) is 4.03. The molecule has 0 amide bonds. The monoisotopic (exact) mass is 351 g/mol. The van der Waals surface area contributed by atoms with Gasteiger partial charge in [0.2, 0.25) is 0 Å². The number of allylic oxidation sites excluding steroid dienone is 2. The largest absolute Gasteiger partial charge is 0.301 e. The molecule has 4 aliphatic rings. The lowest BCUT2D eigenvalue weighted by molar-refractivity contribution is -0.131. The fourth-order valence-electron chi connectivity index (χ4n) is 6.56. The van der Waals surface area contributed by atoms with E-state index in [1.165, 1.54) is 0 Å². The Hall–Kier alpha value is -1.69. The summed E-state index contributed by atoms with van der Waals surface area (Å²) in [4.78, 5) is 24.9. The maximum absolute atomic E-state index is 12.6. The average molecular weight is 351 g/mol. The molecule has 0 aromatic carbocycles. The molecule has 0 radical (unpaired) electrons. The lowest BCUT2D eigenvalue weighted by Crippen LogP contribution is -2.55. The zero-order chi connectivity index (χ0) is 18.7. The van der Waals surface area contributed by atoms with Crippen LogP contribution in [0.4, 0.5) is 0 Å². The highest BCUT2D eigenvalue weighted by Gasteiger charge is 2.61. The summed E-state index contributed by atoms with van der Waals surface area (Å²) in [5, 5.41) is 8.44. The van der Waals surface area contributed by atoms with Crippen LogP contribution >= 0.6 is 0 Å². The second-order valence-corrected chi connectivity index (χ2v) is 9.25. The zero-order valence-corrected chi connectivity index (χ0v) is 16.2. The minimum Gasteiger partial charge on any atom is -0.301 e. The van der Waals surface area contributed by atoms with E-state index in [2.05, 4.69) is 31.8 Å². The van der Waals surface area contributed by atoms with Crippen molar-refractivity contribution in [2.75, 3.05) is 0 Å². The molecule has 0 aliphatic heterocycles. The number of nitrogens with one attached hydrogen (secondary N) is 1. The first-order chi connectivity index (χ1) is 12.3. The van der Waals surface area contributed by atoms with E-state index < -0.39 is 0 Å². The van der Waals surface area contributed by atoms with Gasteiger partial charge in [0.05, 0.1) is 5.71 Å². The number of ketones is 2. The molecular weight excluding hydrogens is 322 g/mol. The quantitative estimate of drug-likeness (QED) is 0.659. The van der Waals surface area contributed by atoms with Gasteiger partial charge in [-0.05, 0) is 48.9 Å². The predicted molar refractivity (Wildman–Crippen MR) is 102 cm³/mol. The van der Waals surface area contributed by atoms with Crippen molar-refractivity contribution in [3.05, 3.63) is 11.6 Å². The van der Waals surface area contributed by atoms with E-state index in [1.807, 2.05) is 6.92 Å². The maximum atomic E-state index is 12.6. The Bertz CT molecular complexity index is 782. The number of Topliss-reactive ketones (excluding diaryl/α,β-unsaturated/α-hetero) is 2. The van der Waals surface area contributed by atoms with Gasteiger partial charge in [-0.3, -0.25) is 9.59 Å². The van der Waals surface area contributed by atoms with Crippen molar-refractivity contribution >= 4 is 17.3 Å². The van der Waals surface area contributed by atoms with E-state index >= 15 is 0 Å². The Morgan fingerprint density at radius 2 is 1.92 bits per heavy atom. The summed E-state index contributed by atoms with van der Waals surface area (Å²) in [6, 6.07) is 0. The fraction of sp³-hybridized carbons (Fsp3) is 0.696. The summed E-state index contributed by atoms with van der Waals surface area (Å²) in [5.74, 6) is 8.07. The maximum Gasteiger partial charge on any atom is 0.176 e. The molecule has 1 unspecified atom stereocenters. The van der Waals surface area contributed by atoms with Crippen molar-refractivity contribution in [3.63, 3.8) is 0 Å². The van der Waals surface area contributed by atoms with Crippen LogP contribution in [0.15, 0.2) is 11.6 Å². The molecule has 0 bridgehead atoms. The van der Waals surface area contributed by atoms with Crippen molar-refractivity contribution in [3.8, 4) is 11.8 Å². The molecule has 6 atom stereocenters. The van der Waals surface area contributed by atoms with Crippen LogP contribution in [-0.2, 0) is 9.59 Å². The van der Waals surface area contributed by atoms with Gasteiger partial charge in [0.25, 0.3) is 0 Å². The molecule has 4 rings (SSSR count). The second-order valence-electron chi connectivity index (χ2n) is 9.25. The van der Waals surface area contributed by atoms with Crippen molar-refractivity contribution in [2.24, 2.45) is 34.5 Å². The van der Waals surface area contributed by atoms with E-state index in [9.17, 15) is 9.59 Å². The summed E-state index contributed by atoms with van der Waals surface area (Å²) in [6.45, 7) is 6.51. The van der Waals surface area contributed by atoms with Crippen LogP contribution in [0.25, 0.3) is 0 Å². The van der Waals surface area contributed by atoms with Gasteiger partial charge in [-0.2, -0.15) is 0 Å². The molecule has 26 heavy (non-hydrogen) atoms. The fourth-order valence-corrected chi connectivity index (χ4v) is 6.56. The number of hydrogen-bond acceptors (Lipinski definition) is 3. The third-order valence-electron chi connectivity index (χ3n) is 8.15. The Labute approximate surface area is 156 Å². The van der Waals surface area contributed by atoms with Gasteiger partial charge in [0.1, 0.15) is 5.78 Å². The third kappa shape index (κ3) is 2.24.